The molecule has 2 aliphatic rings. The first-order chi connectivity index (χ1) is 11.3. The largest absolute Gasteiger partial charge is 0.350 e. The van der Waals surface area contributed by atoms with Gasteiger partial charge in [-0.2, -0.15) is 0 Å². The molecule has 0 aromatic rings. The van der Waals surface area contributed by atoms with Crippen LogP contribution in [0.1, 0.15) is 46.5 Å². The Morgan fingerprint density at radius 3 is 1.79 bits per heavy atom. The molecule has 0 atom stereocenters. The lowest BCUT2D eigenvalue weighted by molar-refractivity contribution is -0.133. The highest BCUT2D eigenvalue weighted by Gasteiger charge is 2.24. The highest BCUT2D eigenvalue weighted by Crippen LogP contribution is 2.11. The Bertz CT molecular complexity index is 417. The normalized spacial score (nSPS) is 21.4. The van der Waals surface area contributed by atoms with Gasteiger partial charge in [-0.3, -0.25) is 19.4 Å². The monoisotopic (exact) mass is 338 g/mol. The van der Waals surface area contributed by atoms with Gasteiger partial charge in [-0.1, -0.05) is 12.8 Å². The topological polar surface area (TPSA) is 55.9 Å². The zero-order valence-corrected chi connectivity index (χ0v) is 15.6. The number of piperazine rings is 1. The fraction of sp³-hybridized carbons (Fsp3) is 0.889. The van der Waals surface area contributed by atoms with E-state index < -0.39 is 0 Å². The van der Waals surface area contributed by atoms with E-state index in [0.717, 1.165) is 52.1 Å². The Labute approximate surface area is 146 Å². The van der Waals surface area contributed by atoms with Crippen LogP contribution in [0.15, 0.2) is 0 Å². The molecule has 2 heterocycles. The Hall–Kier alpha value is -1.14. The number of likely N-dealkylation sites (tertiary alicyclic amines) is 1. The second kappa shape index (κ2) is 8.81. The maximum absolute atomic E-state index is 12.4. The van der Waals surface area contributed by atoms with E-state index in [1.54, 1.807) is 0 Å². The Morgan fingerprint density at radius 2 is 1.29 bits per heavy atom. The van der Waals surface area contributed by atoms with Crippen molar-refractivity contribution in [2.24, 2.45) is 0 Å². The van der Waals surface area contributed by atoms with E-state index in [9.17, 15) is 9.59 Å². The minimum Gasteiger partial charge on any atom is -0.350 e. The van der Waals surface area contributed by atoms with Gasteiger partial charge in [0.05, 0.1) is 13.1 Å². The SMILES string of the molecule is CC(C)(C)NC(=O)CN1CCN(CC(=O)N2CCCCCC2)CC1. The van der Waals surface area contributed by atoms with Gasteiger partial charge < -0.3 is 10.2 Å². The van der Waals surface area contributed by atoms with E-state index in [2.05, 4.69) is 15.1 Å². The zero-order valence-electron chi connectivity index (χ0n) is 15.6. The van der Waals surface area contributed by atoms with Gasteiger partial charge in [0.25, 0.3) is 0 Å². The number of nitrogens with one attached hydrogen (secondary N) is 1. The fourth-order valence-electron chi connectivity index (χ4n) is 3.38. The van der Waals surface area contributed by atoms with Crippen molar-refractivity contribution in [1.82, 2.24) is 20.0 Å². The molecule has 0 saturated carbocycles. The number of carbonyl (C=O) groups excluding carboxylic acids is 2. The minimum absolute atomic E-state index is 0.0802. The molecule has 0 aliphatic carbocycles. The molecule has 24 heavy (non-hydrogen) atoms. The summed E-state index contributed by atoms with van der Waals surface area (Å²) in [5.74, 6) is 0.354. The average Bonchev–Trinajstić information content (AvgIpc) is 2.76. The van der Waals surface area contributed by atoms with Crippen molar-refractivity contribution >= 4 is 11.8 Å². The molecule has 0 spiro atoms. The van der Waals surface area contributed by atoms with Crippen LogP contribution in [0.2, 0.25) is 0 Å². The van der Waals surface area contributed by atoms with Crippen LogP contribution in [0, 0.1) is 0 Å². The highest BCUT2D eigenvalue weighted by atomic mass is 16.2. The second-order valence-electron chi connectivity index (χ2n) is 8.15. The molecule has 138 valence electrons. The molecule has 6 heteroatoms. The quantitative estimate of drug-likeness (QED) is 0.828. The summed E-state index contributed by atoms with van der Waals surface area (Å²) in [6.45, 7) is 12.2. The molecular formula is C18H34N4O2. The molecule has 2 rings (SSSR count). The summed E-state index contributed by atoms with van der Waals surface area (Å²) in [6, 6.07) is 0. The Morgan fingerprint density at radius 1 is 0.792 bits per heavy atom. The van der Waals surface area contributed by atoms with Crippen LogP contribution in [0.25, 0.3) is 0 Å². The average molecular weight is 338 g/mol. The lowest BCUT2D eigenvalue weighted by atomic mass is 10.1. The highest BCUT2D eigenvalue weighted by molar-refractivity contribution is 5.79. The zero-order chi connectivity index (χ0) is 17.6. The number of rotatable bonds is 4. The summed E-state index contributed by atoms with van der Waals surface area (Å²) in [5.41, 5.74) is -0.182. The third-order valence-corrected chi connectivity index (χ3v) is 4.66. The van der Waals surface area contributed by atoms with Gasteiger partial charge in [-0.15, -0.1) is 0 Å². The van der Waals surface area contributed by atoms with Gasteiger partial charge in [0.15, 0.2) is 0 Å². The van der Waals surface area contributed by atoms with Crippen LogP contribution >= 0.6 is 0 Å². The van der Waals surface area contributed by atoms with Crippen LogP contribution in [0.4, 0.5) is 0 Å². The van der Waals surface area contributed by atoms with E-state index in [-0.39, 0.29) is 17.4 Å². The second-order valence-corrected chi connectivity index (χ2v) is 8.15. The molecular weight excluding hydrogens is 304 g/mol. The van der Waals surface area contributed by atoms with Crippen molar-refractivity contribution in [3.63, 3.8) is 0 Å². The van der Waals surface area contributed by atoms with Gasteiger partial charge in [-0.25, -0.2) is 0 Å². The maximum Gasteiger partial charge on any atom is 0.236 e. The van der Waals surface area contributed by atoms with Gasteiger partial charge in [0.2, 0.25) is 11.8 Å². The van der Waals surface area contributed by atoms with Gasteiger partial charge in [0, 0.05) is 44.8 Å². The first-order valence-electron chi connectivity index (χ1n) is 9.37. The summed E-state index contributed by atoms with van der Waals surface area (Å²) < 4.78 is 0. The minimum atomic E-state index is -0.182. The smallest absolute Gasteiger partial charge is 0.236 e. The van der Waals surface area contributed by atoms with E-state index >= 15 is 0 Å². The predicted molar refractivity (Wildman–Crippen MR) is 95.8 cm³/mol. The van der Waals surface area contributed by atoms with Crippen molar-refractivity contribution in [1.29, 1.82) is 0 Å². The molecule has 2 amide bonds. The van der Waals surface area contributed by atoms with Gasteiger partial charge in [0.1, 0.15) is 0 Å². The molecule has 0 aromatic heterocycles. The first kappa shape index (κ1) is 19.2. The summed E-state index contributed by atoms with van der Waals surface area (Å²) in [6.07, 6.45) is 4.78. The number of nitrogens with zero attached hydrogens (tertiary/aromatic N) is 3. The molecule has 0 bridgehead atoms. The number of hydrogen-bond acceptors (Lipinski definition) is 4. The van der Waals surface area contributed by atoms with Crippen molar-refractivity contribution < 1.29 is 9.59 Å². The summed E-state index contributed by atoms with van der Waals surface area (Å²) >= 11 is 0. The molecule has 2 saturated heterocycles. The number of amides is 2. The van der Waals surface area contributed by atoms with Crippen LogP contribution in [-0.4, -0.2) is 84.4 Å². The van der Waals surface area contributed by atoms with Crippen LogP contribution in [-0.2, 0) is 9.59 Å². The first-order valence-corrected chi connectivity index (χ1v) is 9.37. The predicted octanol–water partition coefficient (Wildman–Crippen LogP) is 0.921. The maximum atomic E-state index is 12.4. The summed E-state index contributed by atoms with van der Waals surface area (Å²) in [4.78, 5) is 30.9. The fourth-order valence-corrected chi connectivity index (χ4v) is 3.38. The lowest BCUT2D eigenvalue weighted by Gasteiger charge is -2.35. The van der Waals surface area contributed by atoms with Crippen molar-refractivity contribution in [2.75, 3.05) is 52.4 Å². The van der Waals surface area contributed by atoms with E-state index in [0.29, 0.717) is 13.1 Å². The molecule has 1 N–H and O–H groups in total. The van der Waals surface area contributed by atoms with Crippen LogP contribution in [0.3, 0.4) is 0 Å². The van der Waals surface area contributed by atoms with Gasteiger partial charge in [-0.05, 0) is 33.6 Å². The Balaban J connectivity index is 1.68. The van der Waals surface area contributed by atoms with E-state index in [4.69, 9.17) is 0 Å². The Kier molecular flexibility index (Phi) is 7.04. The van der Waals surface area contributed by atoms with Crippen molar-refractivity contribution in [3.05, 3.63) is 0 Å². The number of carbonyl (C=O) groups is 2. The van der Waals surface area contributed by atoms with E-state index in [1.807, 2.05) is 25.7 Å². The molecule has 0 radical (unpaired) electrons. The summed E-state index contributed by atoms with van der Waals surface area (Å²) in [7, 11) is 0. The molecule has 0 unspecified atom stereocenters. The molecule has 6 nitrogen and oxygen atoms in total. The number of hydrogen-bond donors (Lipinski definition) is 1. The molecule has 2 aliphatic heterocycles. The third kappa shape index (κ3) is 6.77. The summed E-state index contributed by atoms with van der Waals surface area (Å²) in [5, 5.41) is 3.00. The molecule has 0 aromatic carbocycles. The third-order valence-electron chi connectivity index (χ3n) is 4.66. The van der Waals surface area contributed by atoms with Crippen molar-refractivity contribution in [3.8, 4) is 0 Å². The van der Waals surface area contributed by atoms with Crippen LogP contribution in [0.5, 0.6) is 0 Å². The van der Waals surface area contributed by atoms with Gasteiger partial charge >= 0.3 is 0 Å². The lowest BCUT2D eigenvalue weighted by Crippen LogP contribution is -2.53. The van der Waals surface area contributed by atoms with Crippen LogP contribution < -0.4 is 5.32 Å². The molecule has 2 fully saturated rings. The van der Waals surface area contributed by atoms with Crippen molar-refractivity contribution in [2.45, 2.75) is 52.0 Å². The van der Waals surface area contributed by atoms with E-state index in [1.165, 1.54) is 12.8 Å². The standard InChI is InChI=1S/C18H34N4O2/c1-18(2,3)19-16(23)14-20-10-12-21(13-11-20)15-17(24)22-8-6-4-5-7-9-22/h4-15H2,1-3H3,(H,19,23).